The number of ether oxygens (including phenoxy) is 1. The first-order valence-electron chi connectivity index (χ1n) is 4.91. The molecule has 0 aliphatic carbocycles. The Hall–Kier alpha value is -1.06. The Balaban J connectivity index is 2.62. The van der Waals surface area contributed by atoms with E-state index in [1.54, 1.807) is 6.07 Å². The Labute approximate surface area is 112 Å². The monoisotopic (exact) mass is 314 g/mol. The molecular weight excluding hydrogens is 306 g/mol. The minimum absolute atomic E-state index is 0.101. The third-order valence-corrected chi connectivity index (χ3v) is 3.25. The normalized spacial score (nSPS) is 10.4. The van der Waals surface area contributed by atoms with E-state index in [2.05, 4.69) is 15.9 Å². The van der Waals surface area contributed by atoms with Gasteiger partial charge in [-0.3, -0.25) is 0 Å². The maximum absolute atomic E-state index is 13.6. The Morgan fingerprint density at radius 2 is 2.00 bits per heavy atom. The van der Waals surface area contributed by atoms with Crippen LogP contribution < -0.4 is 4.74 Å². The third-order valence-electron chi connectivity index (χ3n) is 2.37. The molecule has 0 aliphatic heterocycles. The lowest BCUT2D eigenvalue weighted by molar-refractivity contribution is 0.411. The van der Waals surface area contributed by atoms with Crippen LogP contribution in [0.4, 0.5) is 4.39 Å². The van der Waals surface area contributed by atoms with Gasteiger partial charge in [0.05, 0.1) is 12.1 Å². The number of benzene rings is 2. The molecule has 0 amide bonds. The first kappa shape index (κ1) is 12.4. The fourth-order valence-electron chi connectivity index (χ4n) is 1.55. The molecule has 0 aromatic heterocycles. The molecule has 2 aromatic carbocycles. The molecule has 17 heavy (non-hydrogen) atoms. The fourth-order valence-corrected chi connectivity index (χ4v) is 2.17. The molecule has 0 unspecified atom stereocenters. The molecule has 0 atom stereocenters. The molecule has 0 radical (unpaired) electrons. The number of methoxy groups -OCH3 is 1. The van der Waals surface area contributed by atoms with Crippen LogP contribution in [0.5, 0.6) is 5.75 Å². The van der Waals surface area contributed by atoms with Gasteiger partial charge in [0.2, 0.25) is 0 Å². The molecule has 0 saturated heterocycles. The molecule has 0 bridgehead atoms. The van der Waals surface area contributed by atoms with E-state index in [9.17, 15) is 4.39 Å². The van der Waals surface area contributed by atoms with E-state index in [0.717, 1.165) is 10.0 Å². The highest BCUT2D eigenvalue weighted by atomic mass is 79.9. The van der Waals surface area contributed by atoms with E-state index in [1.807, 2.05) is 24.3 Å². The number of hydrogen-bond donors (Lipinski definition) is 0. The predicted octanol–water partition coefficient (Wildman–Crippen LogP) is 4.92. The molecular formula is C13H9BrClFO. The van der Waals surface area contributed by atoms with Crippen LogP contribution in [0, 0.1) is 5.82 Å². The minimum Gasteiger partial charge on any atom is -0.497 e. The summed E-state index contributed by atoms with van der Waals surface area (Å²) in [6, 6.07) is 10.5. The lowest BCUT2D eigenvalue weighted by Crippen LogP contribution is -1.89. The average Bonchev–Trinajstić information content (AvgIpc) is 2.32. The van der Waals surface area contributed by atoms with Gasteiger partial charge in [0.15, 0.2) is 0 Å². The summed E-state index contributed by atoms with van der Waals surface area (Å²) in [5, 5.41) is 0.101. The highest BCUT2D eigenvalue weighted by Gasteiger charge is 2.11. The van der Waals surface area contributed by atoms with Gasteiger partial charge in [-0.15, -0.1) is 0 Å². The van der Waals surface area contributed by atoms with Crippen LogP contribution >= 0.6 is 27.5 Å². The Bertz CT molecular complexity index is 557. The lowest BCUT2D eigenvalue weighted by atomic mass is 10.1. The molecule has 2 rings (SSSR count). The average molecular weight is 316 g/mol. The molecule has 2 aromatic rings. The van der Waals surface area contributed by atoms with E-state index in [0.29, 0.717) is 11.3 Å². The lowest BCUT2D eigenvalue weighted by Gasteiger charge is -2.09. The Morgan fingerprint density at radius 1 is 1.24 bits per heavy atom. The zero-order chi connectivity index (χ0) is 12.4. The van der Waals surface area contributed by atoms with Crippen LogP contribution in [0.15, 0.2) is 40.9 Å². The number of rotatable bonds is 2. The summed E-state index contributed by atoms with van der Waals surface area (Å²) in [5.74, 6) is -0.0390. The molecule has 0 N–H and O–H groups in total. The summed E-state index contributed by atoms with van der Waals surface area (Å²) in [6.45, 7) is 0. The van der Waals surface area contributed by atoms with Gasteiger partial charge < -0.3 is 4.74 Å². The van der Waals surface area contributed by atoms with Gasteiger partial charge in [-0.25, -0.2) is 4.39 Å². The topological polar surface area (TPSA) is 9.23 Å². The van der Waals surface area contributed by atoms with E-state index in [-0.39, 0.29) is 5.02 Å². The highest BCUT2D eigenvalue weighted by molar-refractivity contribution is 9.10. The van der Waals surface area contributed by atoms with Crippen LogP contribution in [-0.2, 0) is 0 Å². The highest BCUT2D eigenvalue weighted by Crippen LogP contribution is 2.34. The van der Waals surface area contributed by atoms with E-state index in [1.165, 1.54) is 13.2 Å². The zero-order valence-electron chi connectivity index (χ0n) is 9.01. The summed E-state index contributed by atoms with van der Waals surface area (Å²) in [5.41, 5.74) is 1.45. The van der Waals surface area contributed by atoms with Crippen molar-refractivity contribution in [3.8, 4) is 16.9 Å². The van der Waals surface area contributed by atoms with Gasteiger partial charge in [-0.2, -0.15) is 0 Å². The maximum Gasteiger partial charge on any atom is 0.146 e. The van der Waals surface area contributed by atoms with Gasteiger partial charge >= 0.3 is 0 Å². The van der Waals surface area contributed by atoms with Crippen LogP contribution in [0.3, 0.4) is 0 Å². The fraction of sp³-hybridized carbons (Fsp3) is 0.0769. The molecule has 4 heteroatoms. The SMILES string of the molecule is COc1cc(F)c(Cl)c(-c2cccc(Br)c2)c1. The van der Waals surface area contributed by atoms with Crippen molar-refractivity contribution in [3.63, 3.8) is 0 Å². The largest absolute Gasteiger partial charge is 0.497 e. The minimum atomic E-state index is -0.485. The first-order valence-corrected chi connectivity index (χ1v) is 6.08. The number of hydrogen-bond acceptors (Lipinski definition) is 1. The van der Waals surface area contributed by atoms with Gasteiger partial charge in [-0.05, 0) is 23.8 Å². The maximum atomic E-state index is 13.6. The van der Waals surface area contributed by atoms with Crippen molar-refractivity contribution in [2.45, 2.75) is 0 Å². The molecule has 0 aliphatic rings. The Morgan fingerprint density at radius 3 is 2.65 bits per heavy atom. The summed E-state index contributed by atoms with van der Waals surface area (Å²) in [6.07, 6.45) is 0. The van der Waals surface area contributed by atoms with Gasteiger partial charge in [0, 0.05) is 16.1 Å². The van der Waals surface area contributed by atoms with E-state index < -0.39 is 5.82 Å². The summed E-state index contributed by atoms with van der Waals surface area (Å²) >= 11 is 9.33. The smallest absolute Gasteiger partial charge is 0.146 e. The Kier molecular flexibility index (Phi) is 3.69. The van der Waals surface area contributed by atoms with Crippen molar-refractivity contribution in [2.24, 2.45) is 0 Å². The zero-order valence-corrected chi connectivity index (χ0v) is 11.3. The molecule has 0 saturated carbocycles. The van der Waals surface area contributed by atoms with Crippen LogP contribution in [0.1, 0.15) is 0 Å². The van der Waals surface area contributed by atoms with Crippen molar-refractivity contribution in [3.05, 3.63) is 51.7 Å². The van der Waals surface area contributed by atoms with E-state index >= 15 is 0 Å². The first-order chi connectivity index (χ1) is 8.11. The van der Waals surface area contributed by atoms with Crippen molar-refractivity contribution < 1.29 is 9.13 Å². The summed E-state index contributed by atoms with van der Waals surface area (Å²) in [7, 11) is 1.49. The van der Waals surface area contributed by atoms with Crippen LogP contribution in [0.25, 0.3) is 11.1 Å². The molecule has 0 heterocycles. The number of halogens is 3. The van der Waals surface area contributed by atoms with E-state index in [4.69, 9.17) is 16.3 Å². The van der Waals surface area contributed by atoms with Crippen molar-refractivity contribution in [2.75, 3.05) is 7.11 Å². The molecule has 1 nitrogen and oxygen atoms in total. The standard InChI is InChI=1S/C13H9BrClFO/c1-17-10-6-11(13(15)12(16)7-10)8-3-2-4-9(14)5-8/h2-7H,1H3. The second-order valence-electron chi connectivity index (χ2n) is 3.48. The van der Waals surface area contributed by atoms with Crippen molar-refractivity contribution >= 4 is 27.5 Å². The summed E-state index contributed by atoms with van der Waals surface area (Å²) < 4.78 is 19.5. The van der Waals surface area contributed by atoms with Gasteiger partial charge in [0.1, 0.15) is 11.6 Å². The summed E-state index contributed by atoms with van der Waals surface area (Å²) in [4.78, 5) is 0. The second kappa shape index (κ2) is 5.07. The molecule has 0 spiro atoms. The van der Waals surface area contributed by atoms with Crippen molar-refractivity contribution in [1.29, 1.82) is 0 Å². The third kappa shape index (κ3) is 2.61. The van der Waals surface area contributed by atoms with Gasteiger partial charge in [-0.1, -0.05) is 39.7 Å². The predicted molar refractivity (Wildman–Crippen MR) is 71.1 cm³/mol. The van der Waals surface area contributed by atoms with Crippen LogP contribution in [-0.4, -0.2) is 7.11 Å². The van der Waals surface area contributed by atoms with Crippen LogP contribution in [0.2, 0.25) is 5.02 Å². The second-order valence-corrected chi connectivity index (χ2v) is 4.77. The molecule has 0 fully saturated rings. The van der Waals surface area contributed by atoms with Gasteiger partial charge in [0.25, 0.3) is 0 Å². The van der Waals surface area contributed by atoms with Crippen molar-refractivity contribution in [1.82, 2.24) is 0 Å². The molecule has 88 valence electrons. The quantitative estimate of drug-likeness (QED) is 0.764.